The topological polar surface area (TPSA) is 92.4 Å². The molecule has 3 N–H and O–H groups in total. The lowest BCUT2D eigenvalue weighted by atomic mass is 10.2. The van der Waals surface area contributed by atoms with Crippen molar-refractivity contribution in [2.24, 2.45) is 0 Å². The van der Waals surface area contributed by atoms with Crippen LogP contribution in [0.1, 0.15) is 28.2 Å². The predicted octanol–water partition coefficient (Wildman–Crippen LogP) is 2.42. The first-order valence-corrected chi connectivity index (χ1v) is 9.52. The zero-order valence-electron chi connectivity index (χ0n) is 14.4. The van der Waals surface area contributed by atoms with E-state index in [2.05, 4.69) is 20.9 Å². The van der Waals surface area contributed by atoms with E-state index in [1.54, 1.807) is 41.8 Å². The highest BCUT2D eigenvalue weighted by molar-refractivity contribution is 7.09. The van der Waals surface area contributed by atoms with Gasteiger partial charge in [-0.3, -0.25) is 4.79 Å². The number of nitrogens with zero attached hydrogens (tertiary/aromatic N) is 1. The predicted molar refractivity (Wildman–Crippen MR) is 101 cm³/mol. The van der Waals surface area contributed by atoms with Crippen molar-refractivity contribution in [3.05, 3.63) is 46.4 Å². The summed E-state index contributed by atoms with van der Waals surface area (Å²) in [4.78, 5) is 28.2. The molecule has 1 fully saturated rings. The van der Waals surface area contributed by atoms with Crippen molar-refractivity contribution in [1.82, 2.24) is 15.6 Å². The maximum absolute atomic E-state index is 12.1. The summed E-state index contributed by atoms with van der Waals surface area (Å²) in [6, 6.07) is 6.52. The van der Waals surface area contributed by atoms with Gasteiger partial charge in [0.05, 0.1) is 11.1 Å². The monoisotopic (exact) mass is 374 g/mol. The Morgan fingerprint density at radius 1 is 1.23 bits per heavy atom. The number of aromatic nitrogens is 1. The Morgan fingerprint density at radius 2 is 2.08 bits per heavy atom. The molecule has 2 aromatic rings. The number of thiazole rings is 1. The molecular formula is C18H22N4O3S. The van der Waals surface area contributed by atoms with Gasteiger partial charge in [-0.25, -0.2) is 9.78 Å². The number of rotatable bonds is 7. The minimum absolute atomic E-state index is 0.118. The van der Waals surface area contributed by atoms with Crippen LogP contribution < -0.4 is 16.0 Å². The van der Waals surface area contributed by atoms with Crippen molar-refractivity contribution in [1.29, 1.82) is 0 Å². The Labute approximate surface area is 156 Å². The van der Waals surface area contributed by atoms with E-state index in [4.69, 9.17) is 4.74 Å². The third kappa shape index (κ3) is 5.53. The van der Waals surface area contributed by atoms with Gasteiger partial charge in [-0.15, -0.1) is 11.3 Å². The fraction of sp³-hybridized carbons (Fsp3) is 0.389. The Bertz CT molecular complexity index is 713. The van der Waals surface area contributed by atoms with Crippen LogP contribution in [0, 0.1) is 0 Å². The molecule has 1 unspecified atom stereocenters. The molecule has 0 spiro atoms. The molecule has 3 rings (SSSR count). The molecule has 1 aliphatic heterocycles. The number of carbonyl (C=O) groups excluding carboxylic acids is 2. The zero-order chi connectivity index (χ0) is 18.2. The number of ether oxygens (including phenoxy) is 1. The van der Waals surface area contributed by atoms with Crippen molar-refractivity contribution in [2.45, 2.75) is 25.4 Å². The second-order valence-electron chi connectivity index (χ2n) is 5.98. The fourth-order valence-corrected chi connectivity index (χ4v) is 3.27. The number of nitrogens with one attached hydrogen (secondary N) is 3. The van der Waals surface area contributed by atoms with Gasteiger partial charge in [0.25, 0.3) is 5.91 Å². The standard InChI is InChI=1S/C18H22N4O3S/c23-17(21-12-15-2-1-10-25-15)13-3-5-14(6-4-13)22-18(24)20-8-7-16-19-9-11-26-16/h3-6,9,11,15H,1-2,7-8,10,12H2,(H,21,23)(H2,20,22,24). The zero-order valence-corrected chi connectivity index (χ0v) is 15.2. The minimum Gasteiger partial charge on any atom is -0.376 e. The molecule has 0 bridgehead atoms. The van der Waals surface area contributed by atoms with Gasteiger partial charge in [-0.05, 0) is 37.1 Å². The van der Waals surface area contributed by atoms with Gasteiger partial charge < -0.3 is 20.7 Å². The smallest absolute Gasteiger partial charge is 0.319 e. The van der Waals surface area contributed by atoms with Crippen molar-refractivity contribution in [3.8, 4) is 0 Å². The molecule has 7 nitrogen and oxygen atoms in total. The first-order chi connectivity index (χ1) is 12.7. The van der Waals surface area contributed by atoms with Crippen LogP contribution in [-0.4, -0.2) is 42.7 Å². The van der Waals surface area contributed by atoms with Crippen LogP contribution in [0.15, 0.2) is 35.8 Å². The van der Waals surface area contributed by atoms with Gasteiger partial charge in [0.2, 0.25) is 0 Å². The number of urea groups is 1. The molecule has 8 heteroatoms. The second-order valence-corrected chi connectivity index (χ2v) is 6.96. The molecule has 1 atom stereocenters. The molecule has 3 amide bonds. The molecule has 0 aliphatic carbocycles. The van der Waals surface area contributed by atoms with E-state index < -0.39 is 0 Å². The Kier molecular flexibility index (Phi) is 6.56. The lowest BCUT2D eigenvalue weighted by Crippen LogP contribution is -2.32. The summed E-state index contributed by atoms with van der Waals surface area (Å²) in [6.45, 7) is 1.82. The third-order valence-corrected chi connectivity index (χ3v) is 4.87. The van der Waals surface area contributed by atoms with Crippen LogP contribution in [0.5, 0.6) is 0 Å². The summed E-state index contributed by atoms with van der Waals surface area (Å²) in [5.41, 5.74) is 1.19. The molecule has 138 valence electrons. The highest BCUT2D eigenvalue weighted by Gasteiger charge is 2.16. The summed E-state index contributed by atoms with van der Waals surface area (Å²) in [7, 11) is 0. The van der Waals surface area contributed by atoms with Crippen molar-refractivity contribution >= 4 is 29.0 Å². The summed E-state index contributed by atoms with van der Waals surface area (Å²) < 4.78 is 5.49. The van der Waals surface area contributed by atoms with Crippen LogP contribution >= 0.6 is 11.3 Å². The van der Waals surface area contributed by atoms with Gasteiger partial charge >= 0.3 is 6.03 Å². The highest BCUT2D eigenvalue weighted by Crippen LogP contribution is 2.12. The molecule has 1 aromatic carbocycles. The van der Waals surface area contributed by atoms with Crippen LogP contribution in [0.4, 0.5) is 10.5 Å². The maximum Gasteiger partial charge on any atom is 0.319 e. The minimum atomic E-state index is -0.280. The average Bonchev–Trinajstić information content (AvgIpc) is 3.34. The van der Waals surface area contributed by atoms with E-state index >= 15 is 0 Å². The molecule has 26 heavy (non-hydrogen) atoms. The van der Waals surface area contributed by atoms with Crippen molar-refractivity contribution in [3.63, 3.8) is 0 Å². The summed E-state index contributed by atoms with van der Waals surface area (Å²) in [5.74, 6) is -0.139. The molecule has 1 aliphatic rings. The molecule has 0 saturated carbocycles. The summed E-state index contributed by atoms with van der Waals surface area (Å²) in [6.07, 6.45) is 4.61. The van der Waals surface area contributed by atoms with E-state index in [-0.39, 0.29) is 18.0 Å². The van der Waals surface area contributed by atoms with Crippen LogP contribution in [0.25, 0.3) is 0 Å². The van der Waals surface area contributed by atoms with E-state index in [1.165, 1.54) is 0 Å². The second kappa shape index (κ2) is 9.30. The van der Waals surface area contributed by atoms with Crippen LogP contribution in [-0.2, 0) is 11.2 Å². The molecule has 1 aromatic heterocycles. The summed E-state index contributed by atoms with van der Waals surface area (Å²) >= 11 is 1.57. The van der Waals surface area contributed by atoms with Crippen molar-refractivity contribution < 1.29 is 14.3 Å². The molecular weight excluding hydrogens is 352 g/mol. The largest absolute Gasteiger partial charge is 0.376 e. The number of carbonyl (C=O) groups is 2. The Hall–Kier alpha value is -2.45. The first-order valence-electron chi connectivity index (χ1n) is 8.64. The number of hydrogen-bond acceptors (Lipinski definition) is 5. The third-order valence-electron chi connectivity index (χ3n) is 4.03. The van der Waals surface area contributed by atoms with Gasteiger partial charge in [0.1, 0.15) is 0 Å². The highest BCUT2D eigenvalue weighted by atomic mass is 32.1. The number of amides is 3. The van der Waals surface area contributed by atoms with Gasteiger partial charge in [0.15, 0.2) is 0 Å². The van der Waals surface area contributed by atoms with E-state index in [0.717, 1.165) is 24.5 Å². The number of benzene rings is 1. The van der Waals surface area contributed by atoms with Crippen LogP contribution in [0.3, 0.4) is 0 Å². The summed E-state index contributed by atoms with van der Waals surface area (Å²) in [5, 5.41) is 11.3. The Balaban J connectivity index is 1.40. The lowest BCUT2D eigenvalue weighted by molar-refractivity contribution is 0.0858. The molecule has 2 heterocycles. The number of anilines is 1. The van der Waals surface area contributed by atoms with Gasteiger partial charge in [0, 0.05) is 48.9 Å². The van der Waals surface area contributed by atoms with E-state index in [0.29, 0.717) is 30.8 Å². The average molecular weight is 374 g/mol. The lowest BCUT2D eigenvalue weighted by Gasteiger charge is -2.11. The SMILES string of the molecule is O=C(NCCc1nccs1)Nc1ccc(C(=O)NCC2CCCO2)cc1. The fourth-order valence-electron chi connectivity index (χ4n) is 2.65. The van der Waals surface area contributed by atoms with Crippen LogP contribution in [0.2, 0.25) is 0 Å². The first kappa shape index (κ1) is 18.3. The van der Waals surface area contributed by atoms with Gasteiger partial charge in [-0.1, -0.05) is 0 Å². The normalized spacial score (nSPS) is 16.2. The van der Waals surface area contributed by atoms with E-state index in [9.17, 15) is 9.59 Å². The maximum atomic E-state index is 12.1. The Morgan fingerprint density at radius 3 is 2.77 bits per heavy atom. The quantitative estimate of drug-likeness (QED) is 0.694. The molecule has 0 radical (unpaired) electrons. The van der Waals surface area contributed by atoms with Gasteiger partial charge in [-0.2, -0.15) is 0 Å². The number of hydrogen-bond donors (Lipinski definition) is 3. The van der Waals surface area contributed by atoms with E-state index in [1.807, 2.05) is 5.38 Å². The van der Waals surface area contributed by atoms with Crippen molar-refractivity contribution in [2.75, 3.05) is 25.0 Å². The molecule has 1 saturated heterocycles.